The van der Waals surface area contributed by atoms with E-state index in [9.17, 15) is 13.2 Å². The summed E-state index contributed by atoms with van der Waals surface area (Å²) in [7, 11) is 0. The largest absolute Gasteiger partial charge is 0.418 e. The first-order valence-electron chi connectivity index (χ1n) is 5.38. The Morgan fingerprint density at radius 3 is 2.68 bits per heavy atom. The topological polar surface area (TPSA) is 24.9 Å². The third-order valence-electron chi connectivity index (χ3n) is 2.41. The average molecular weight is 307 g/mol. The fourth-order valence-corrected chi connectivity index (χ4v) is 2.37. The molecule has 1 heterocycles. The van der Waals surface area contributed by atoms with Gasteiger partial charge in [-0.25, -0.2) is 4.98 Å². The second-order valence-electron chi connectivity index (χ2n) is 3.90. The minimum atomic E-state index is -4.44. The third-order valence-corrected chi connectivity index (χ3v) is 3.47. The molecular formula is C12H10ClF3N2S. The zero-order valence-corrected chi connectivity index (χ0v) is 11.5. The Morgan fingerprint density at radius 2 is 2.11 bits per heavy atom. The first kappa shape index (κ1) is 14.1. The number of anilines is 1. The summed E-state index contributed by atoms with van der Waals surface area (Å²) in [6.07, 6.45) is -4.44. The number of rotatable bonds is 3. The quantitative estimate of drug-likeness (QED) is 0.886. The summed E-state index contributed by atoms with van der Waals surface area (Å²) in [5, 5.41) is 5.49. The van der Waals surface area contributed by atoms with E-state index in [0.717, 1.165) is 11.1 Å². The highest BCUT2D eigenvalue weighted by Gasteiger charge is 2.33. The van der Waals surface area contributed by atoms with Crippen LogP contribution in [0.3, 0.4) is 0 Å². The molecule has 0 aliphatic carbocycles. The normalized spacial score (nSPS) is 11.6. The van der Waals surface area contributed by atoms with Gasteiger partial charge in [-0.05, 0) is 25.1 Å². The SMILES string of the molecule is Cc1nc(CNc2ccc(Cl)cc2C(F)(F)F)cs1. The van der Waals surface area contributed by atoms with Crippen LogP contribution in [0.2, 0.25) is 5.02 Å². The lowest BCUT2D eigenvalue weighted by Crippen LogP contribution is -2.11. The van der Waals surface area contributed by atoms with Crippen LogP contribution in [0.4, 0.5) is 18.9 Å². The van der Waals surface area contributed by atoms with Crippen molar-refractivity contribution in [2.45, 2.75) is 19.6 Å². The Kier molecular flexibility index (Phi) is 4.01. The van der Waals surface area contributed by atoms with Crippen molar-refractivity contribution < 1.29 is 13.2 Å². The van der Waals surface area contributed by atoms with E-state index in [0.29, 0.717) is 5.69 Å². The molecule has 7 heteroatoms. The number of alkyl halides is 3. The van der Waals surface area contributed by atoms with Crippen molar-refractivity contribution in [2.75, 3.05) is 5.32 Å². The van der Waals surface area contributed by atoms with E-state index >= 15 is 0 Å². The van der Waals surface area contributed by atoms with Gasteiger partial charge in [-0.1, -0.05) is 11.6 Å². The third kappa shape index (κ3) is 3.61. The molecule has 0 aliphatic heterocycles. The molecule has 0 spiro atoms. The van der Waals surface area contributed by atoms with Gasteiger partial charge in [0.05, 0.1) is 22.8 Å². The highest BCUT2D eigenvalue weighted by atomic mass is 35.5. The van der Waals surface area contributed by atoms with Gasteiger partial charge in [0.15, 0.2) is 0 Å². The summed E-state index contributed by atoms with van der Waals surface area (Å²) in [4.78, 5) is 4.18. The molecule has 0 unspecified atom stereocenters. The number of hydrogen-bond acceptors (Lipinski definition) is 3. The predicted octanol–water partition coefficient (Wildman–Crippen LogP) is 4.74. The zero-order chi connectivity index (χ0) is 14.0. The molecule has 0 aliphatic rings. The van der Waals surface area contributed by atoms with Crippen molar-refractivity contribution in [2.24, 2.45) is 0 Å². The van der Waals surface area contributed by atoms with E-state index in [1.165, 1.54) is 23.5 Å². The number of nitrogens with zero attached hydrogens (tertiary/aromatic N) is 1. The van der Waals surface area contributed by atoms with E-state index < -0.39 is 11.7 Å². The molecule has 0 amide bonds. The molecule has 2 nitrogen and oxygen atoms in total. The molecule has 102 valence electrons. The monoisotopic (exact) mass is 306 g/mol. The lowest BCUT2D eigenvalue weighted by atomic mass is 10.1. The number of aromatic nitrogens is 1. The maximum atomic E-state index is 12.8. The van der Waals surface area contributed by atoms with Gasteiger partial charge in [0.1, 0.15) is 0 Å². The molecular weight excluding hydrogens is 297 g/mol. The van der Waals surface area contributed by atoms with E-state index in [4.69, 9.17) is 11.6 Å². The minimum Gasteiger partial charge on any atom is -0.379 e. The fraction of sp³-hybridized carbons (Fsp3) is 0.250. The van der Waals surface area contributed by atoms with Gasteiger partial charge >= 0.3 is 6.18 Å². The summed E-state index contributed by atoms with van der Waals surface area (Å²) in [6.45, 7) is 2.09. The highest BCUT2D eigenvalue weighted by Crippen LogP contribution is 2.36. The minimum absolute atomic E-state index is 0.00236. The van der Waals surface area contributed by atoms with Crippen LogP contribution in [0.25, 0.3) is 0 Å². The Hall–Kier alpha value is -1.27. The Labute approximate surface area is 117 Å². The second kappa shape index (κ2) is 5.38. The average Bonchev–Trinajstić information content (AvgIpc) is 2.72. The van der Waals surface area contributed by atoms with Crippen molar-refractivity contribution in [3.63, 3.8) is 0 Å². The maximum Gasteiger partial charge on any atom is 0.418 e. The van der Waals surface area contributed by atoms with E-state index in [-0.39, 0.29) is 17.3 Å². The van der Waals surface area contributed by atoms with Crippen LogP contribution in [0, 0.1) is 6.92 Å². The second-order valence-corrected chi connectivity index (χ2v) is 5.40. The van der Waals surface area contributed by atoms with Crippen LogP contribution in [0.1, 0.15) is 16.3 Å². The van der Waals surface area contributed by atoms with Gasteiger partial charge in [0.25, 0.3) is 0 Å². The molecule has 1 aromatic carbocycles. The van der Waals surface area contributed by atoms with Gasteiger partial charge in [0.2, 0.25) is 0 Å². The number of aryl methyl sites for hydroxylation is 1. The van der Waals surface area contributed by atoms with Gasteiger partial charge in [0, 0.05) is 16.1 Å². The van der Waals surface area contributed by atoms with Crippen molar-refractivity contribution in [3.8, 4) is 0 Å². The van der Waals surface area contributed by atoms with Crippen molar-refractivity contribution >= 4 is 28.6 Å². The first-order chi connectivity index (χ1) is 8.86. The maximum absolute atomic E-state index is 12.8. The van der Waals surface area contributed by atoms with Gasteiger partial charge in [-0.2, -0.15) is 13.2 Å². The van der Waals surface area contributed by atoms with Crippen LogP contribution >= 0.6 is 22.9 Å². The molecule has 2 rings (SSSR count). The van der Waals surface area contributed by atoms with Gasteiger partial charge in [-0.3, -0.25) is 0 Å². The Morgan fingerprint density at radius 1 is 1.37 bits per heavy atom. The molecule has 19 heavy (non-hydrogen) atoms. The van der Waals surface area contributed by atoms with Crippen LogP contribution in [-0.4, -0.2) is 4.98 Å². The lowest BCUT2D eigenvalue weighted by molar-refractivity contribution is -0.136. The predicted molar refractivity (Wildman–Crippen MR) is 70.6 cm³/mol. The van der Waals surface area contributed by atoms with Crippen LogP contribution in [-0.2, 0) is 12.7 Å². The van der Waals surface area contributed by atoms with E-state index in [1.54, 1.807) is 0 Å². The molecule has 1 N–H and O–H groups in total. The highest BCUT2D eigenvalue weighted by molar-refractivity contribution is 7.09. The Balaban J connectivity index is 2.20. The number of thiazole rings is 1. The molecule has 2 aromatic rings. The Bertz CT molecular complexity index is 581. The molecule has 0 fully saturated rings. The van der Waals surface area contributed by atoms with Crippen molar-refractivity contribution in [1.82, 2.24) is 4.98 Å². The van der Waals surface area contributed by atoms with Crippen LogP contribution in [0.15, 0.2) is 23.6 Å². The standard InChI is InChI=1S/C12H10ClF3N2S/c1-7-18-9(6-19-7)5-17-11-3-2-8(13)4-10(11)12(14,15)16/h2-4,6,17H,5H2,1H3. The van der Waals surface area contributed by atoms with Crippen molar-refractivity contribution in [1.29, 1.82) is 0 Å². The summed E-state index contributed by atoms with van der Waals surface area (Å²) in [6, 6.07) is 3.66. The van der Waals surface area contributed by atoms with Gasteiger partial charge in [-0.15, -0.1) is 11.3 Å². The lowest BCUT2D eigenvalue weighted by Gasteiger charge is -2.14. The number of hydrogen-bond donors (Lipinski definition) is 1. The number of benzene rings is 1. The molecule has 0 bridgehead atoms. The van der Waals surface area contributed by atoms with Crippen LogP contribution < -0.4 is 5.32 Å². The fourth-order valence-electron chi connectivity index (χ4n) is 1.58. The van der Waals surface area contributed by atoms with Crippen molar-refractivity contribution in [3.05, 3.63) is 44.9 Å². The van der Waals surface area contributed by atoms with Gasteiger partial charge < -0.3 is 5.32 Å². The number of nitrogens with one attached hydrogen (secondary N) is 1. The summed E-state index contributed by atoms with van der Waals surface area (Å²) >= 11 is 7.06. The smallest absolute Gasteiger partial charge is 0.379 e. The molecule has 1 aromatic heterocycles. The first-order valence-corrected chi connectivity index (χ1v) is 6.63. The van der Waals surface area contributed by atoms with Crippen LogP contribution in [0.5, 0.6) is 0 Å². The molecule has 0 saturated carbocycles. The molecule has 0 saturated heterocycles. The summed E-state index contributed by atoms with van der Waals surface area (Å²) < 4.78 is 38.5. The number of halogens is 4. The summed E-state index contributed by atoms with van der Waals surface area (Å²) in [5.74, 6) is 0. The van der Waals surface area contributed by atoms with E-state index in [1.807, 2.05) is 12.3 Å². The van der Waals surface area contributed by atoms with E-state index in [2.05, 4.69) is 10.3 Å². The summed E-state index contributed by atoms with van der Waals surface area (Å²) in [5.41, 5.74) is -0.0555. The zero-order valence-electron chi connectivity index (χ0n) is 9.88. The molecule has 0 atom stereocenters. The molecule has 0 radical (unpaired) electrons.